The molecule has 1 N–H and O–H groups in total. The van der Waals surface area contributed by atoms with Crippen LogP contribution in [0, 0.1) is 6.92 Å². The molecule has 8 nitrogen and oxygen atoms in total. The number of carbonyl (C=O) groups is 2. The van der Waals surface area contributed by atoms with Crippen LogP contribution in [0.25, 0.3) is 11.0 Å². The van der Waals surface area contributed by atoms with E-state index in [1.54, 1.807) is 29.1 Å². The summed E-state index contributed by atoms with van der Waals surface area (Å²) in [7, 11) is 1.82. The van der Waals surface area contributed by atoms with E-state index in [1.807, 2.05) is 26.1 Å². The molecule has 0 saturated carbocycles. The van der Waals surface area contributed by atoms with Gasteiger partial charge in [0.25, 0.3) is 5.91 Å². The average Bonchev–Trinajstić information content (AvgIpc) is 2.91. The maximum Gasteiger partial charge on any atom is 0.265 e. The van der Waals surface area contributed by atoms with Crippen LogP contribution in [0.3, 0.4) is 0 Å². The van der Waals surface area contributed by atoms with Crippen LogP contribution in [-0.2, 0) is 16.6 Å². The molecule has 1 aliphatic heterocycles. The molecule has 0 fully saturated rings. The van der Waals surface area contributed by atoms with Crippen molar-refractivity contribution < 1.29 is 14.3 Å². The number of rotatable bonds is 3. The lowest BCUT2D eigenvalue weighted by molar-refractivity contribution is -0.123. The highest BCUT2D eigenvalue weighted by Crippen LogP contribution is 2.31. The van der Waals surface area contributed by atoms with Crippen LogP contribution in [0.1, 0.15) is 5.69 Å². The molecule has 0 saturated heterocycles. The minimum atomic E-state index is -0.308. The number of pyridine rings is 1. The van der Waals surface area contributed by atoms with Crippen LogP contribution in [0.15, 0.2) is 36.5 Å². The number of hydrogen-bond acceptors (Lipinski definition) is 5. The smallest absolute Gasteiger partial charge is 0.265 e. The first kappa shape index (κ1) is 16.1. The first-order valence-electron chi connectivity index (χ1n) is 8.14. The zero-order chi connectivity index (χ0) is 18.3. The molecule has 0 spiro atoms. The third kappa shape index (κ3) is 2.75. The van der Waals surface area contributed by atoms with Gasteiger partial charge in [0, 0.05) is 12.4 Å². The maximum absolute atomic E-state index is 12.5. The maximum atomic E-state index is 12.5. The molecule has 2 aromatic heterocycles. The van der Waals surface area contributed by atoms with Gasteiger partial charge in [0.05, 0.1) is 23.3 Å². The molecule has 8 heteroatoms. The summed E-state index contributed by atoms with van der Waals surface area (Å²) in [5, 5.41) is 7.98. The van der Waals surface area contributed by atoms with Crippen LogP contribution in [0.4, 0.5) is 11.4 Å². The Bertz CT molecular complexity index is 1030. The van der Waals surface area contributed by atoms with E-state index in [1.165, 1.54) is 4.90 Å². The van der Waals surface area contributed by atoms with Crippen LogP contribution < -0.4 is 15.0 Å². The van der Waals surface area contributed by atoms with Gasteiger partial charge < -0.3 is 10.1 Å². The van der Waals surface area contributed by atoms with Gasteiger partial charge in [-0.05, 0) is 25.1 Å². The molecule has 0 radical (unpaired) electrons. The fraction of sp³-hybridized carbons (Fsp3) is 0.222. The molecular weight excluding hydrogens is 334 g/mol. The monoisotopic (exact) mass is 351 g/mol. The lowest BCUT2D eigenvalue weighted by atomic mass is 10.2. The molecule has 132 valence electrons. The van der Waals surface area contributed by atoms with E-state index < -0.39 is 0 Å². The minimum absolute atomic E-state index is 0.0767. The highest BCUT2D eigenvalue weighted by Gasteiger charge is 2.27. The standard InChI is InChI=1S/C18H17N5O3/c1-11-13-7-12(8-19-18(13)22(2)21-11)20-16(24)9-23-14-5-3-4-6-15(14)26-10-17(23)25/h3-8H,9-10H2,1-2H3,(H,20,24). The zero-order valence-corrected chi connectivity index (χ0v) is 14.4. The average molecular weight is 351 g/mol. The van der Waals surface area contributed by atoms with Gasteiger partial charge in [-0.15, -0.1) is 0 Å². The van der Waals surface area contributed by atoms with Crippen molar-refractivity contribution in [2.45, 2.75) is 6.92 Å². The number of aromatic nitrogens is 3. The van der Waals surface area contributed by atoms with Crippen LogP contribution >= 0.6 is 0 Å². The van der Waals surface area contributed by atoms with E-state index in [0.29, 0.717) is 17.1 Å². The molecular formula is C18H17N5O3. The van der Waals surface area contributed by atoms with Gasteiger partial charge in [-0.1, -0.05) is 12.1 Å². The van der Waals surface area contributed by atoms with Crippen LogP contribution in [0.2, 0.25) is 0 Å². The van der Waals surface area contributed by atoms with Gasteiger partial charge >= 0.3 is 0 Å². The number of carbonyl (C=O) groups excluding carboxylic acids is 2. The van der Waals surface area contributed by atoms with E-state index in [0.717, 1.165) is 16.7 Å². The number of ether oxygens (including phenoxy) is 1. The number of para-hydroxylation sites is 2. The Morgan fingerprint density at radius 3 is 3.00 bits per heavy atom. The number of nitrogens with one attached hydrogen (secondary N) is 1. The summed E-state index contributed by atoms with van der Waals surface area (Å²) in [5.41, 5.74) is 2.74. The van der Waals surface area contributed by atoms with Crippen molar-refractivity contribution in [3.05, 3.63) is 42.2 Å². The topological polar surface area (TPSA) is 89.4 Å². The molecule has 3 aromatic rings. The molecule has 0 unspecified atom stereocenters. The molecule has 0 aliphatic carbocycles. The number of anilines is 2. The van der Waals surface area contributed by atoms with Crippen molar-refractivity contribution in [3.63, 3.8) is 0 Å². The second-order valence-electron chi connectivity index (χ2n) is 6.09. The highest BCUT2D eigenvalue weighted by atomic mass is 16.5. The lowest BCUT2D eigenvalue weighted by Crippen LogP contribution is -2.43. The lowest BCUT2D eigenvalue weighted by Gasteiger charge is -2.28. The third-order valence-electron chi connectivity index (χ3n) is 4.26. The fourth-order valence-corrected chi connectivity index (χ4v) is 3.05. The molecule has 4 rings (SSSR count). The van der Waals surface area contributed by atoms with Gasteiger partial charge in [-0.25, -0.2) is 4.98 Å². The van der Waals surface area contributed by atoms with Crippen molar-refractivity contribution in [3.8, 4) is 5.75 Å². The van der Waals surface area contributed by atoms with E-state index in [4.69, 9.17) is 4.74 Å². The van der Waals surface area contributed by atoms with Gasteiger partial charge in [0.1, 0.15) is 12.3 Å². The summed E-state index contributed by atoms with van der Waals surface area (Å²) in [6, 6.07) is 8.98. The van der Waals surface area contributed by atoms with Gasteiger partial charge in [-0.2, -0.15) is 5.10 Å². The predicted molar refractivity (Wildman–Crippen MR) is 96.2 cm³/mol. The quantitative estimate of drug-likeness (QED) is 0.775. The Labute approximate surface area is 149 Å². The Balaban J connectivity index is 1.54. The summed E-state index contributed by atoms with van der Waals surface area (Å²) < 4.78 is 7.08. The van der Waals surface area contributed by atoms with Gasteiger partial charge in [0.2, 0.25) is 5.91 Å². The number of aryl methyl sites for hydroxylation is 2. The molecule has 0 bridgehead atoms. The summed E-state index contributed by atoms with van der Waals surface area (Å²) in [6.45, 7) is 1.72. The van der Waals surface area contributed by atoms with Crippen LogP contribution in [0.5, 0.6) is 5.75 Å². The highest BCUT2D eigenvalue weighted by molar-refractivity contribution is 6.05. The second kappa shape index (κ2) is 6.14. The SMILES string of the molecule is Cc1nn(C)c2ncc(NC(=O)CN3C(=O)COc4ccccc43)cc12. The van der Waals surface area contributed by atoms with E-state index in [2.05, 4.69) is 15.4 Å². The molecule has 26 heavy (non-hydrogen) atoms. The van der Waals surface area contributed by atoms with Gasteiger partial charge in [-0.3, -0.25) is 19.2 Å². The fourth-order valence-electron chi connectivity index (χ4n) is 3.05. The number of hydrogen-bond donors (Lipinski definition) is 1. The normalized spacial score (nSPS) is 13.5. The summed E-state index contributed by atoms with van der Waals surface area (Å²) >= 11 is 0. The summed E-state index contributed by atoms with van der Waals surface area (Å²) in [6.07, 6.45) is 1.58. The Kier molecular flexibility index (Phi) is 3.80. The van der Waals surface area contributed by atoms with Crippen LogP contribution in [-0.4, -0.2) is 39.7 Å². The predicted octanol–water partition coefficient (Wildman–Crippen LogP) is 1.64. The number of fused-ring (bicyclic) bond motifs is 2. The second-order valence-corrected chi connectivity index (χ2v) is 6.09. The van der Waals surface area contributed by atoms with Crippen molar-refractivity contribution in [1.82, 2.24) is 14.8 Å². The van der Waals surface area contributed by atoms with E-state index in [9.17, 15) is 9.59 Å². The molecule has 2 amide bonds. The van der Waals surface area contributed by atoms with Crippen molar-refractivity contribution in [1.29, 1.82) is 0 Å². The zero-order valence-electron chi connectivity index (χ0n) is 14.4. The van der Waals surface area contributed by atoms with Gasteiger partial charge in [0.15, 0.2) is 12.3 Å². The van der Waals surface area contributed by atoms with Crippen molar-refractivity contribution >= 4 is 34.2 Å². The first-order valence-corrected chi connectivity index (χ1v) is 8.14. The Hall–Kier alpha value is -3.42. The Morgan fingerprint density at radius 2 is 2.15 bits per heavy atom. The number of benzene rings is 1. The minimum Gasteiger partial charge on any atom is -0.482 e. The van der Waals surface area contributed by atoms with E-state index >= 15 is 0 Å². The Morgan fingerprint density at radius 1 is 1.35 bits per heavy atom. The third-order valence-corrected chi connectivity index (χ3v) is 4.26. The van der Waals surface area contributed by atoms with Crippen molar-refractivity contribution in [2.75, 3.05) is 23.4 Å². The number of nitrogens with zero attached hydrogens (tertiary/aromatic N) is 4. The largest absolute Gasteiger partial charge is 0.482 e. The molecule has 1 aromatic carbocycles. The summed E-state index contributed by atoms with van der Waals surface area (Å²) in [5.74, 6) is 0.0299. The molecule has 3 heterocycles. The molecule has 1 aliphatic rings. The summed E-state index contributed by atoms with van der Waals surface area (Å²) in [4.78, 5) is 30.4. The number of amides is 2. The van der Waals surface area contributed by atoms with Crippen molar-refractivity contribution in [2.24, 2.45) is 7.05 Å². The first-order chi connectivity index (χ1) is 12.5. The van der Waals surface area contributed by atoms with E-state index in [-0.39, 0.29) is 25.0 Å². The molecule has 0 atom stereocenters.